The fourth-order valence-corrected chi connectivity index (χ4v) is 5.16. The van der Waals surface area contributed by atoms with Gasteiger partial charge in [0.2, 0.25) is 15.9 Å². The number of ether oxygens (including phenoxy) is 1. The van der Waals surface area contributed by atoms with Crippen molar-refractivity contribution in [1.82, 2.24) is 9.21 Å². The molecule has 1 saturated heterocycles. The molecule has 0 atom stereocenters. The largest absolute Gasteiger partial charge is 0.497 e. The molecule has 1 aromatic carbocycles. The van der Waals surface area contributed by atoms with E-state index in [1.165, 1.54) is 11.4 Å². The quantitative estimate of drug-likeness (QED) is 0.846. The lowest BCUT2D eigenvalue weighted by atomic mass is 9.81. The number of carbonyl (C=O) groups excluding carboxylic acids is 1. The average molecular weight is 381 g/mol. The van der Waals surface area contributed by atoms with Gasteiger partial charge in [-0.05, 0) is 37.1 Å². The van der Waals surface area contributed by atoms with Crippen LogP contribution in [-0.2, 0) is 14.8 Å². The third kappa shape index (κ3) is 3.72. The van der Waals surface area contributed by atoms with Crippen molar-refractivity contribution in [3.63, 3.8) is 0 Å². The Bertz CT molecular complexity index is 734. The second kappa shape index (κ2) is 7.54. The highest BCUT2D eigenvalue weighted by Gasteiger charge is 2.40. The minimum atomic E-state index is -3.57. The second-order valence-electron chi connectivity index (χ2n) is 7.09. The van der Waals surface area contributed by atoms with Gasteiger partial charge in [0.15, 0.2) is 0 Å². The van der Waals surface area contributed by atoms with E-state index in [-0.39, 0.29) is 23.9 Å². The number of nitrogens with two attached hydrogens (primary N) is 1. The highest BCUT2D eigenvalue weighted by atomic mass is 32.2. The van der Waals surface area contributed by atoms with Crippen molar-refractivity contribution in [3.8, 4) is 5.75 Å². The molecule has 1 aliphatic carbocycles. The van der Waals surface area contributed by atoms with Crippen LogP contribution in [0.1, 0.15) is 32.1 Å². The van der Waals surface area contributed by atoms with Crippen molar-refractivity contribution < 1.29 is 17.9 Å². The minimum absolute atomic E-state index is 0.0290. The van der Waals surface area contributed by atoms with Crippen LogP contribution >= 0.6 is 0 Å². The first kappa shape index (κ1) is 19.1. The Hall–Kier alpha value is -1.64. The number of sulfonamides is 1. The summed E-state index contributed by atoms with van der Waals surface area (Å²) in [5.41, 5.74) is 5.57. The van der Waals surface area contributed by atoms with Crippen LogP contribution in [0, 0.1) is 0 Å². The Balaban J connectivity index is 1.64. The molecule has 2 aliphatic rings. The Morgan fingerprint density at radius 2 is 1.62 bits per heavy atom. The van der Waals surface area contributed by atoms with Gasteiger partial charge in [-0.1, -0.05) is 19.3 Å². The lowest BCUT2D eigenvalue weighted by molar-refractivity contribution is -0.139. The fraction of sp³-hybridized carbons (Fsp3) is 0.611. The van der Waals surface area contributed by atoms with E-state index in [1.807, 2.05) is 0 Å². The van der Waals surface area contributed by atoms with E-state index in [1.54, 1.807) is 29.2 Å². The minimum Gasteiger partial charge on any atom is -0.497 e. The second-order valence-corrected chi connectivity index (χ2v) is 9.03. The smallest absolute Gasteiger partial charge is 0.243 e. The van der Waals surface area contributed by atoms with Crippen molar-refractivity contribution in [3.05, 3.63) is 24.3 Å². The van der Waals surface area contributed by atoms with Gasteiger partial charge in [-0.3, -0.25) is 4.79 Å². The predicted molar refractivity (Wildman–Crippen MR) is 98.3 cm³/mol. The summed E-state index contributed by atoms with van der Waals surface area (Å²) in [7, 11) is -2.03. The predicted octanol–water partition coefficient (Wildman–Crippen LogP) is 1.19. The molecule has 1 amide bonds. The Morgan fingerprint density at radius 1 is 1.04 bits per heavy atom. The molecule has 2 fully saturated rings. The van der Waals surface area contributed by atoms with E-state index in [9.17, 15) is 13.2 Å². The molecule has 8 heteroatoms. The summed E-state index contributed by atoms with van der Waals surface area (Å²) < 4.78 is 32.1. The zero-order valence-corrected chi connectivity index (χ0v) is 16.0. The molecule has 1 saturated carbocycles. The van der Waals surface area contributed by atoms with Gasteiger partial charge in [-0.25, -0.2) is 8.42 Å². The molecule has 0 spiro atoms. The van der Waals surface area contributed by atoms with Gasteiger partial charge in [0.25, 0.3) is 0 Å². The molecule has 3 rings (SSSR count). The van der Waals surface area contributed by atoms with Gasteiger partial charge in [0, 0.05) is 26.2 Å². The number of carbonyl (C=O) groups is 1. The first-order valence-electron chi connectivity index (χ1n) is 9.09. The molecule has 2 N–H and O–H groups in total. The molecular weight excluding hydrogens is 354 g/mol. The van der Waals surface area contributed by atoms with E-state index < -0.39 is 15.6 Å². The Kier molecular flexibility index (Phi) is 5.55. The van der Waals surface area contributed by atoms with Crippen molar-refractivity contribution in [2.75, 3.05) is 33.3 Å². The molecule has 26 heavy (non-hydrogen) atoms. The Labute approximate surface area is 155 Å². The summed E-state index contributed by atoms with van der Waals surface area (Å²) in [6.45, 7) is 1.34. The maximum Gasteiger partial charge on any atom is 0.243 e. The lowest BCUT2D eigenvalue weighted by Gasteiger charge is -2.40. The van der Waals surface area contributed by atoms with E-state index in [0.717, 1.165) is 32.1 Å². The molecule has 144 valence electrons. The van der Waals surface area contributed by atoms with Gasteiger partial charge < -0.3 is 15.4 Å². The number of benzene rings is 1. The van der Waals surface area contributed by atoms with Crippen LogP contribution in [0.15, 0.2) is 29.2 Å². The van der Waals surface area contributed by atoms with Gasteiger partial charge in [-0.15, -0.1) is 0 Å². The number of amides is 1. The number of hydrogen-bond donors (Lipinski definition) is 1. The summed E-state index contributed by atoms with van der Waals surface area (Å²) in [5.74, 6) is 0.582. The molecule has 1 heterocycles. The highest BCUT2D eigenvalue weighted by Crippen LogP contribution is 2.28. The molecule has 0 radical (unpaired) electrons. The number of rotatable bonds is 4. The van der Waals surface area contributed by atoms with Gasteiger partial charge >= 0.3 is 0 Å². The van der Waals surface area contributed by atoms with Crippen molar-refractivity contribution in [1.29, 1.82) is 0 Å². The van der Waals surface area contributed by atoms with Gasteiger partial charge in [-0.2, -0.15) is 4.31 Å². The number of methoxy groups -OCH3 is 1. The summed E-state index contributed by atoms with van der Waals surface area (Å²) >= 11 is 0. The van der Waals surface area contributed by atoms with Crippen molar-refractivity contribution >= 4 is 15.9 Å². The zero-order chi connectivity index (χ0) is 18.8. The lowest BCUT2D eigenvalue weighted by Crippen LogP contribution is -2.60. The van der Waals surface area contributed by atoms with Crippen LogP contribution in [0.5, 0.6) is 5.75 Å². The third-order valence-electron chi connectivity index (χ3n) is 5.39. The first-order chi connectivity index (χ1) is 12.4. The Morgan fingerprint density at radius 3 is 2.15 bits per heavy atom. The number of piperazine rings is 1. The highest BCUT2D eigenvalue weighted by molar-refractivity contribution is 7.89. The van der Waals surface area contributed by atoms with Crippen LogP contribution in [0.2, 0.25) is 0 Å². The first-order valence-corrected chi connectivity index (χ1v) is 10.5. The summed E-state index contributed by atoms with van der Waals surface area (Å²) in [6, 6.07) is 6.35. The van der Waals surface area contributed by atoms with Crippen molar-refractivity contribution in [2.45, 2.75) is 42.5 Å². The van der Waals surface area contributed by atoms with Crippen LogP contribution < -0.4 is 10.5 Å². The van der Waals surface area contributed by atoms with E-state index in [0.29, 0.717) is 18.8 Å². The van der Waals surface area contributed by atoms with Crippen LogP contribution in [0.4, 0.5) is 0 Å². The summed E-state index contributed by atoms with van der Waals surface area (Å²) in [4.78, 5) is 14.8. The van der Waals surface area contributed by atoms with Crippen LogP contribution in [0.3, 0.4) is 0 Å². The molecule has 0 aromatic heterocycles. The molecule has 7 nitrogen and oxygen atoms in total. The summed E-state index contributed by atoms with van der Waals surface area (Å²) in [6.07, 6.45) is 4.52. The molecular formula is C18H27N3O4S. The maximum atomic E-state index is 12.8. The van der Waals surface area contributed by atoms with E-state index in [2.05, 4.69) is 0 Å². The van der Waals surface area contributed by atoms with Gasteiger partial charge in [0.1, 0.15) is 5.75 Å². The molecule has 0 bridgehead atoms. The van der Waals surface area contributed by atoms with Crippen molar-refractivity contribution in [2.24, 2.45) is 5.73 Å². The van der Waals surface area contributed by atoms with E-state index >= 15 is 0 Å². The summed E-state index contributed by atoms with van der Waals surface area (Å²) in [5, 5.41) is 0. The fourth-order valence-electron chi connectivity index (χ4n) is 3.74. The average Bonchev–Trinajstić information content (AvgIpc) is 2.68. The number of hydrogen-bond acceptors (Lipinski definition) is 5. The SMILES string of the molecule is COc1ccc(S(=O)(=O)N2CCN(C(=O)C3(N)CCCCC3)CC2)cc1. The third-order valence-corrected chi connectivity index (χ3v) is 7.31. The molecule has 1 aliphatic heterocycles. The number of nitrogens with zero attached hydrogens (tertiary/aromatic N) is 2. The van der Waals surface area contributed by atoms with E-state index in [4.69, 9.17) is 10.5 Å². The van der Waals surface area contributed by atoms with Gasteiger partial charge in [0.05, 0.1) is 17.5 Å². The van der Waals surface area contributed by atoms with Crippen LogP contribution in [-0.4, -0.2) is 62.4 Å². The normalized spacial score (nSPS) is 21.4. The molecule has 1 aromatic rings. The monoisotopic (exact) mass is 381 g/mol. The molecule has 0 unspecified atom stereocenters. The maximum absolute atomic E-state index is 12.8. The zero-order valence-electron chi connectivity index (χ0n) is 15.2. The topological polar surface area (TPSA) is 92.9 Å². The standard InChI is InChI=1S/C18H27N3O4S/c1-25-15-5-7-16(8-6-15)26(23,24)21-13-11-20(12-14-21)17(22)18(19)9-3-2-4-10-18/h5-8H,2-4,9-14,19H2,1H3. The van der Waals surface area contributed by atoms with Crippen LogP contribution in [0.25, 0.3) is 0 Å².